The number of likely N-dealkylation sites (N-methyl/N-ethyl adjacent to an activating group) is 1. The smallest absolute Gasteiger partial charge is 0.260 e. The van der Waals surface area contributed by atoms with Crippen LogP contribution in [0.25, 0.3) is 0 Å². The Morgan fingerprint density at radius 1 is 1.35 bits per heavy atom. The zero-order valence-electron chi connectivity index (χ0n) is 11.5. The van der Waals surface area contributed by atoms with Crippen molar-refractivity contribution in [3.63, 3.8) is 0 Å². The molecule has 0 unspecified atom stereocenters. The van der Waals surface area contributed by atoms with Crippen LogP contribution in [0.15, 0.2) is 18.2 Å². The van der Waals surface area contributed by atoms with Gasteiger partial charge in [-0.3, -0.25) is 4.79 Å². The molecule has 110 valence electrons. The van der Waals surface area contributed by atoms with E-state index in [0.29, 0.717) is 16.3 Å². The highest BCUT2D eigenvalue weighted by Crippen LogP contribution is 2.25. The average Bonchev–Trinajstić information content (AvgIpc) is 2.46. The van der Waals surface area contributed by atoms with E-state index in [4.69, 9.17) is 21.4 Å². The number of amides is 1. The van der Waals surface area contributed by atoms with E-state index in [1.165, 1.54) is 0 Å². The molecule has 2 rings (SSSR count). The number of carbonyl (C=O) groups excluding carboxylic acids is 1. The number of carbonyl (C=O) groups is 1. The lowest BCUT2D eigenvalue weighted by Crippen LogP contribution is -2.48. The monoisotopic (exact) mass is 298 g/mol. The Morgan fingerprint density at radius 2 is 2.05 bits per heavy atom. The summed E-state index contributed by atoms with van der Waals surface area (Å²) in [4.78, 5) is 16.0. The predicted molar refractivity (Wildman–Crippen MR) is 76.9 cm³/mol. The Labute approximate surface area is 123 Å². The third-order valence-electron chi connectivity index (χ3n) is 3.39. The maximum absolute atomic E-state index is 12.0. The van der Waals surface area contributed by atoms with E-state index in [2.05, 4.69) is 4.90 Å². The van der Waals surface area contributed by atoms with Gasteiger partial charge in [-0.25, -0.2) is 0 Å². The molecule has 0 bridgehead atoms. The van der Waals surface area contributed by atoms with Gasteiger partial charge in [0.25, 0.3) is 5.91 Å². The van der Waals surface area contributed by atoms with Crippen molar-refractivity contribution in [3.05, 3.63) is 28.8 Å². The van der Waals surface area contributed by atoms with Crippen LogP contribution < -0.4 is 4.74 Å². The molecule has 1 N–H and O–H groups in total. The molecule has 1 aliphatic heterocycles. The van der Waals surface area contributed by atoms with Crippen LogP contribution >= 0.6 is 11.6 Å². The predicted octanol–water partition coefficient (Wildman–Crippen LogP) is 0.985. The van der Waals surface area contributed by atoms with Crippen molar-refractivity contribution in [2.24, 2.45) is 0 Å². The van der Waals surface area contributed by atoms with E-state index in [0.717, 1.165) is 26.2 Å². The van der Waals surface area contributed by atoms with E-state index in [1.54, 1.807) is 23.1 Å². The van der Waals surface area contributed by atoms with Crippen molar-refractivity contribution < 1.29 is 14.6 Å². The highest BCUT2D eigenvalue weighted by Gasteiger charge is 2.19. The SMILES string of the molecule is CN1CCN(C(=O)COc2ccc(CO)cc2Cl)CC1. The van der Waals surface area contributed by atoms with Gasteiger partial charge in [0.2, 0.25) is 0 Å². The van der Waals surface area contributed by atoms with Gasteiger partial charge in [-0.15, -0.1) is 0 Å². The molecule has 6 heteroatoms. The quantitative estimate of drug-likeness (QED) is 0.900. The molecule has 0 saturated carbocycles. The molecule has 1 aliphatic rings. The van der Waals surface area contributed by atoms with Gasteiger partial charge in [0, 0.05) is 26.2 Å². The maximum atomic E-state index is 12.0. The fourth-order valence-corrected chi connectivity index (χ4v) is 2.30. The molecule has 0 aromatic heterocycles. The molecule has 1 heterocycles. The van der Waals surface area contributed by atoms with E-state index in [9.17, 15) is 4.79 Å². The van der Waals surface area contributed by atoms with Crippen LogP contribution in [0.3, 0.4) is 0 Å². The van der Waals surface area contributed by atoms with Gasteiger partial charge >= 0.3 is 0 Å². The summed E-state index contributed by atoms with van der Waals surface area (Å²) in [5.74, 6) is 0.437. The summed E-state index contributed by atoms with van der Waals surface area (Å²) in [6.07, 6.45) is 0. The van der Waals surface area contributed by atoms with Crippen molar-refractivity contribution in [3.8, 4) is 5.75 Å². The van der Waals surface area contributed by atoms with Crippen LogP contribution in [0.1, 0.15) is 5.56 Å². The minimum atomic E-state index is -0.0692. The number of halogens is 1. The third kappa shape index (κ3) is 3.85. The summed E-state index contributed by atoms with van der Waals surface area (Å²) >= 11 is 6.03. The van der Waals surface area contributed by atoms with Gasteiger partial charge in [0.05, 0.1) is 11.6 Å². The Hall–Kier alpha value is -1.30. The minimum absolute atomic E-state index is 0.0120. The molecule has 0 spiro atoms. The van der Waals surface area contributed by atoms with E-state index in [-0.39, 0.29) is 19.1 Å². The number of aliphatic hydroxyl groups excluding tert-OH is 1. The second-order valence-corrected chi connectivity index (χ2v) is 5.30. The molecule has 5 nitrogen and oxygen atoms in total. The summed E-state index contributed by atoms with van der Waals surface area (Å²) in [6.45, 7) is 3.16. The van der Waals surface area contributed by atoms with Crippen LogP contribution in [0.4, 0.5) is 0 Å². The van der Waals surface area contributed by atoms with E-state index >= 15 is 0 Å². The number of ether oxygens (including phenoxy) is 1. The molecule has 1 aromatic rings. The summed E-state index contributed by atoms with van der Waals surface area (Å²) in [7, 11) is 2.04. The van der Waals surface area contributed by atoms with Crippen LogP contribution in [0.2, 0.25) is 5.02 Å². The number of piperazine rings is 1. The Bertz CT molecular complexity index is 473. The number of hydrogen-bond acceptors (Lipinski definition) is 4. The number of hydrogen-bond donors (Lipinski definition) is 1. The Kier molecular flexibility index (Phi) is 5.23. The first-order valence-electron chi connectivity index (χ1n) is 6.58. The first kappa shape index (κ1) is 15.1. The highest BCUT2D eigenvalue weighted by molar-refractivity contribution is 6.32. The number of aliphatic hydroxyl groups is 1. The van der Waals surface area contributed by atoms with Gasteiger partial charge in [0.15, 0.2) is 6.61 Å². The van der Waals surface area contributed by atoms with E-state index in [1.807, 2.05) is 7.05 Å². The van der Waals surface area contributed by atoms with Crippen LogP contribution in [-0.2, 0) is 11.4 Å². The van der Waals surface area contributed by atoms with Gasteiger partial charge < -0.3 is 19.6 Å². The lowest BCUT2D eigenvalue weighted by atomic mass is 10.2. The molecule has 1 saturated heterocycles. The zero-order chi connectivity index (χ0) is 14.5. The van der Waals surface area contributed by atoms with Crippen molar-refractivity contribution in [2.75, 3.05) is 39.8 Å². The van der Waals surface area contributed by atoms with Gasteiger partial charge in [-0.1, -0.05) is 17.7 Å². The topological polar surface area (TPSA) is 53.0 Å². The van der Waals surface area contributed by atoms with Crippen LogP contribution in [0, 0.1) is 0 Å². The summed E-state index contributed by atoms with van der Waals surface area (Å²) in [6, 6.07) is 5.03. The van der Waals surface area contributed by atoms with Crippen molar-refractivity contribution >= 4 is 17.5 Å². The summed E-state index contributed by atoms with van der Waals surface area (Å²) in [5.41, 5.74) is 0.716. The summed E-state index contributed by atoms with van der Waals surface area (Å²) < 4.78 is 5.46. The zero-order valence-corrected chi connectivity index (χ0v) is 12.3. The van der Waals surface area contributed by atoms with Crippen molar-refractivity contribution in [1.29, 1.82) is 0 Å². The molecule has 1 fully saturated rings. The van der Waals surface area contributed by atoms with Crippen molar-refractivity contribution in [2.45, 2.75) is 6.61 Å². The molecular weight excluding hydrogens is 280 g/mol. The first-order chi connectivity index (χ1) is 9.60. The lowest BCUT2D eigenvalue weighted by molar-refractivity contribution is -0.134. The fourth-order valence-electron chi connectivity index (χ4n) is 2.05. The normalized spacial score (nSPS) is 16.2. The molecular formula is C14H19ClN2O3. The van der Waals surface area contributed by atoms with Crippen molar-refractivity contribution in [1.82, 2.24) is 9.80 Å². The average molecular weight is 299 g/mol. The first-order valence-corrected chi connectivity index (χ1v) is 6.96. The lowest BCUT2D eigenvalue weighted by Gasteiger charge is -2.32. The second kappa shape index (κ2) is 6.92. The molecule has 0 aliphatic carbocycles. The third-order valence-corrected chi connectivity index (χ3v) is 3.68. The molecule has 1 amide bonds. The number of benzene rings is 1. The molecule has 0 radical (unpaired) electrons. The van der Waals surface area contributed by atoms with Gasteiger partial charge in [-0.05, 0) is 24.7 Å². The second-order valence-electron chi connectivity index (χ2n) is 4.90. The van der Waals surface area contributed by atoms with Gasteiger partial charge in [0.1, 0.15) is 5.75 Å². The Morgan fingerprint density at radius 3 is 2.65 bits per heavy atom. The maximum Gasteiger partial charge on any atom is 0.260 e. The molecule has 20 heavy (non-hydrogen) atoms. The van der Waals surface area contributed by atoms with Crippen LogP contribution in [-0.4, -0.2) is 60.6 Å². The standard InChI is InChI=1S/C14H19ClN2O3/c1-16-4-6-17(7-5-16)14(19)10-20-13-3-2-11(9-18)8-12(13)15/h2-3,8,18H,4-7,9-10H2,1H3. The fraction of sp³-hybridized carbons (Fsp3) is 0.500. The highest BCUT2D eigenvalue weighted by atomic mass is 35.5. The molecule has 1 aromatic carbocycles. The van der Waals surface area contributed by atoms with E-state index < -0.39 is 0 Å². The summed E-state index contributed by atoms with van der Waals surface area (Å²) in [5, 5.41) is 9.40. The van der Waals surface area contributed by atoms with Gasteiger partial charge in [-0.2, -0.15) is 0 Å². The van der Waals surface area contributed by atoms with Crippen LogP contribution in [0.5, 0.6) is 5.75 Å². The minimum Gasteiger partial charge on any atom is -0.482 e. The number of rotatable bonds is 4. The largest absolute Gasteiger partial charge is 0.482 e. The number of nitrogens with zero attached hydrogens (tertiary/aromatic N) is 2. The molecule has 0 atom stereocenters. The Balaban J connectivity index is 1.87.